The van der Waals surface area contributed by atoms with Crippen LogP contribution in [-0.4, -0.2) is 42.2 Å². The number of aliphatic hydroxyl groups excluding tert-OH is 1. The summed E-state index contributed by atoms with van der Waals surface area (Å²) in [6.45, 7) is 3.47. The van der Waals surface area contributed by atoms with Crippen LogP contribution >= 0.6 is 0 Å². The molecule has 0 amide bonds. The van der Waals surface area contributed by atoms with Crippen molar-refractivity contribution in [2.45, 2.75) is 44.4 Å². The second kappa shape index (κ2) is 5.34. The predicted octanol–water partition coefficient (Wildman–Crippen LogP) is 2.55. The van der Waals surface area contributed by atoms with Gasteiger partial charge in [-0.05, 0) is 50.9 Å². The molecule has 0 saturated carbocycles. The van der Waals surface area contributed by atoms with Gasteiger partial charge in [0, 0.05) is 25.2 Å². The average Bonchev–Trinajstić information content (AvgIpc) is 2.64. The van der Waals surface area contributed by atoms with Gasteiger partial charge in [-0.15, -0.1) is 0 Å². The van der Waals surface area contributed by atoms with Gasteiger partial charge in [0.2, 0.25) is 0 Å². The topological polar surface area (TPSA) is 26.7 Å². The van der Waals surface area contributed by atoms with Crippen LogP contribution in [0.15, 0.2) is 18.2 Å². The van der Waals surface area contributed by atoms with Gasteiger partial charge in [-0.3, -0.25) is 4.90 Å². The molecule has 2 saturated heterocycles. The Morgan fingerprint density at radius 2 is 2.00 bits per heavy atom. The Labute approximate surface area is 120 Å². The molecule has 1 aromatic carbocycles. The fraction of sp³-hybridized carbons (Fsp3) is 0.625. The monoisotopic (exact) mass is 278 g/mol. The lowest BCUT2D eigenvalue weighted by Crippen LogP contribution is -2.37. The maximum absolute atomic E-state index is 14.3. The van der Waals surface area contributed by atoms with Crippen molar-refractivity contribution >= 4 is 5.69 Å². The van der Waals surface area contributed by atoms with Gasteiger partial charge in [0.25, 0.3) is 0 Å². The second-order valence-electron chi connectivity index (χ2n) is 6.17. The van der Waals surface area contributed by atoms with Crippen LogP contribution in [0, 0.1) is 5.82 Å². The van der Waals surface area contributed by atoms with Crippen molar-refractivity contribution in [3.63, 3.8) is 0 Å². The molecule has 0 aliphatic carbocycles. The third-order valence-electron chi connectivity index (χ3n) is 4.94. The zero-order chi connectivity index (χ0) is 14.3. The molecule has 3 atom stereocenters. The number of nitrogens with zero attached hydrogens (tertiary/aromatic N) is 2. The first-order valence-corrected chi connectivity index (χ1v) is 7.50. The highest BCUT2D eigenvalue weighted by molar-refractivity contribution is 5.50. The van der Waals surface area contributed by atoms with E-state index in [9.17, 15) is 9.50 Å². The molecule has 2 fully saturated rings. The zero-order valence-electron chi connectivity index (χ0n) is 12.2. The molecule has 0 aromatic heterocycles. The minimum absolute atomic E-state index is 0.219. The number of fused-ring (bicyclic) bond motifs is 2. The minimum atomic E-state index is -0.621. The summed E-state index contributed by atoms with van der Waals surface area (Å²) in [5.74, 6) is -0.219. The first kappa shape index (κ1) is 13.8. The highest BCUT2D eigenvalue weighted by Crippen LogP contribution is 2.32. The molecule has 110 valence electrons. The molecule has 2 heterocycles. The number of benzene rings is 1. The van der Waals surface area contributed by atoms with Crippen molar-refractivity contribution in [3.05, 3.63) is 29.6 Å². The Morgan fingerprint density at radius 1 is 1.25 bits per heavy atom. The van der Waals surface area contributed by atoms with Crippen LogP contribution in [0.2, 0.25) is 0 Å². The molecule has 2 bridgehead atoms. The van der Waals surface area contributed by atoms with E-state index in [-0.39, 0.29) is 5.82 Å². The lowest BCUT2D eigenvalue weighted by molar-refractivity contribution is 0.199. The molecule has 20 heavy (non-hydrogen) atoms. The van der Waals surface area contributed by atoms with Crippen LogP contribution in [0.1, 0.15) is 37.9 Å². The fourth-order valence-electron chi connectivity index (χ4n) is 3.57. The van der Waals surface area contributed by atoms with Crippen molar-refractivity contribution in [2.24, 2.45) is 0 Å². The summed E-state index contributed by atoms with van der Waals surface area (Å²) in [4.78, 5) is 4.63. The Kier molecular flexibility index (Phi) is 3.69. The lowest BCUT2D eigenvalue weighted by atomic mass is 10.1. The Balaban J connectivity index is 1.82. The van der Waals surface area contributed by atoms with Crippen molar-refractivity contribution in [1.29, 1.82) is 0 Å². The Bertz CT molecular complexity index is 491. The molecule has 1 N–H and O–H groups in total. The van der Waals surface area contributed by atoms with Gasteiger partial charge in [-0.25, -0.2) is 4.39 Å². The van der Waals surface area contributed by atoms with Gasteiger partial charge in [-0.2, -0.15) is 0 Å². The van der Waals surface area contributed by atoms with Gasteiger partial charge in [-0.1, -0.05) is 6.07 Å². The number of halogens is 1. The van der Waals surface area contributed by atoms with Crippen LogP contribution in [-0.2, 0) is 0 Å². The van der Waals surface area contributed by atoms with Crippen LogP contribution in [0.4, 0.5) is 10.1 Å². The van der Waals surface area contributed by atoms with Crippen LogP contribution in [0.25, 0.3) is 0 Å². The van der Waals surface area contributed by atoms with Crippen molar-refractivity contribution in [2.75, 3.05) is 25.0 Å². The van der Waals surface area contributed by atoms with E-state index < -0.39 is 6.10 Å². The third kappa shape index (κ3) is 2.42. The van der Waals surface area contributed by atoms with Crippen LogP contribution in [0.3, 0.4) is 0 Å². The first-order chi connectivity index (χ1) is 9.56. The van der Waals surface area contributed by atoms with Gasteiger partial charge in [0.15, 0.2) is 0 Å². The summed E-state index contributed by atoms with van der Waals surface area (Å²) < 4.78 is 14.3. The van der Waals surface area contributed by atoms with Gasteiger partial charge >= 0.3 is 0 Å². The summed E-state index contributed by atoms with van der Waals surface area (Å²) in [7, 11) is 2.19. The number of likely N-dealkylation sites (N-methyl/N-ethyl adjacent to an activating group) is 1. The molecule has 2 aliphatic heterocycles. The molecule has 3 rings (SSSR count). The van der Waals surface area contributed by atoms with Gasteiger partial charge in [0.1, 0.15) is 5.82 Å². The maximum Gasteiger partial charge on any atom is 0.146 e. The molecular formula is C16H23FN2O. The van der Waals surface area contributed by atoms with E-state index in [0.29, 0.717) is 23.3 Å². The number of hydrogen-bond acceptors (Lipinski definition) is 3. The van der Waals surface area contributed by atoms with E-state index in [4.69, 9.17) is 0 Å². The normalized spacial score (nSPS) is 28.5. The summed E-state index contributed by atoms with van der Waals surface area (Å²) >= 11 is 0. The quantitative estimate of drug-likeness (QED) is 0.900. The van der Waals surface area contributed by atoms with Crippen LogP contribution in [0.5, 0.6) is 0 Å². The summed E-state index contributed by atoms with van der Waals surface area (Å²) in [6, 6.07) is 6.31. The molecule has 0 spiro atoms. The Hall–Kier alpha value is -1.13. The molecule has 3 unspecified atom stereocenters. The highest BCUT2D eigenvalue weighted by Gasteiger charge is 2.35. The average molecular weight is 278 g/mol. The van der Waals surface area contributed by atoms with E-state index in [0.717, 1.165) is 19.5 Å². The highest BCUT2D eigenvalue weighted by atomic mass is 19.1. The molecule has 4 heteroatoms. The van der Waals surface area contributed by atoms with Gasteiger partial charge in [0.05, 0.1) is 11.8 Å². The number of hydrogen-bond donors (Lipinski definition) is 1. The Morgan fingerprint density at radius 3 is 2.70 bits per heavy atom. The van der Waals surface area contributed by atoms with E-state index in [2.05, 4.69) is 16.8 Å². The molecule has 2 aliphatic rings. The second-order valence-corrected chi connectivity index (χ2v) is 6.17. The first-order valence-electron chi connectivity index (χ1n) is 7.50. The van der Waals surface area contributed by atoms with E-state index >= 15 is 0 Å². The van der Waals surface area contributed by atoms with Crippen LogP contribution < -0.4 is 4.90 Å². The van der Waals surface area contributed by atoms with Crippen molar-refractivity contribution in [3.8, 4) is 0 Å². The summed E-state index contributed by atoms with van der Waals surface area (Å²) in [5, 5.41) is 9.53. The summed E-state index contributed by atoms with van der Waals surface area (Å²) in [6.07, 6.45) is 2.97. The SMILES string of the molecule is CC(O)c1ccc(N2CCC3CCC(C2)N3C)c(F)c1. The number of rotatable bonds is 2. The molecular weight excluding hydrogens is 255 g/mol. The predicted molar refractivity (Wildman–Crippen MR) is 78.4 cm³/mol. The minimum Gasteiger partial charge on any atom is -0.389 e. The van der Waals surface area contributed by atoms with E-state index in [1.54, 1.807) is 6.92 Å². The standard InChI is InChI=1S/C16H23FN2O/c1-11(20)12-3-6-16(15(17)9-12)19-8-7-13-4-5-14(10-19)18(13)2/h3,6,9,11,13-14,20H,4-5,7-8,10H2,1-2H3. The molecule has 0 radical (unpaired) electrons. The number of anilines is 1. The molecule has 3 nitrogen and oxygen atoms in total. The fourth-order valence-corrected chi connectivity index (χ4v) is 3.57. The number of aliphatic hydroxyl groups is 1. The van der Waals surface area contributed by atoms with E-state index in [1.807, 2.05) is 12.1 Å². The summed E-state index contributed by atoms with van der Waals surface area (Å²) in [5.41, 5.74) is 1.31. The lowest BCUT2D eigenvalue weighted by Gasteiger charge is -2.28. The smallest absolute Gasteiger partial charge is 0.146 e. The van der Waals surface area contributed by atoms with Crippen molar-refractivity contribution in [1.82, 2.24) is 4.90 Å². The van der Waals surface area contributed by atoms with Crippen molar-refractivity contribution < 1.29 is 9.50 Å². The maximum atomic E-state index is 14.3. The van der Waals surface area contributed by atoms with Gasteiger partial charge < -0.3 is 10.0 Å². The largest absolute Gasteiger partial charge is 0.389 e. The third-order valence-corrected chi connectivity index (χ3v) is 4.94. The molecule has 1 aromatic rings. The zero-order valence-corrected chi connectivity index (χ0v) is 12.2. The van der Waals surface area contributed by atoms with E-state index in [1.165, 1.54) is 18.9 Å².